The van der Waals surface area contributed by atoms with Crippen LogP contribution >= 0.6 is 11.6 Å². The van der Waals surface area contributed by atoms with Gasteiger partial charge in [0.25, 0.3) is 0 Å². The van der Waals surface area contributed by atoms with Gasteiger partial charge in [-0.1, -0.05) is 17.7 Å². The number of amides is 1. The van der Waals surface area contributed by atoms with Crippen molar-refractivity contribution in [2.24, 2.45) is 0 Å². The predicted molar refractivity (Wildman–Crippen MR) is 84.7 cm³/mol. The first kappa shape index (κ1) is 19.2. The van der Waals surface area contributed by atoms with Gasteiger partial charge in [-0.05, 0) is 31.5 Å². The number of benzene rings is 1. The monoisotopic (exact) mass is 377 g/mol. The second kappa shape index (κ2) is 7.43. The first-order valence-corrected chi connectivity index (χ1v) is 7.75. The second-order valence-corrected chi connectivity index (χ2v) is 6.02. The lowest BCUT2D eigenvalue weighted by Gasteiger charge is -2.09. The summed E-state index contributed by atoms with van der Waals surface area (Å²) < 4.78 is 51.4. The van der Waals surface area contributed by atoms with Gasteiger partial charge in [-0.15, -0.1) is 0 Å². The maximum atomic E-state index is 13.0. The van der Waals surface area contributed by atoms with Gasteiger partial charge in [0.1, 0.15) is 12.4 Å². The SMILES string of the molecule is Cc1nn(CC(F)(F)F)c(C)c1CC(=O)NCc1ccc(F)cc1Cl. The summed E-state index contributed by atoms with van der Waals surface area (Å²) in [4.78, 5) is 12.1. The smallest absolute Gasteiger partial charge is 0.352 e. The zero-order chi connectivity index (χ0) is 18.8. The quantitative estimate of drug-likeness (QED) is 0.807. The Kier molecular flexibility index (Phi) is 5.72. The van der Waals surface area contributed by atoms with Crippen molar-refractivity contribution in [2.45, 2.75) is 39.5 Å². The van der Waals surface area contributed by atoms with Crippen LogP contribution in [-0.4, -0.2) is 21.9 Å². The lowest BCUT2D eigenvalue weighted by atomic mass is 10.1. The van der Waals surface area contributed by atoms with Crippen LogP contribution in [-0.2, 0) is 24.3 Å². The van der Waals surface area contributed by atoms with E-state index in [1.54, 1.807) is 6.92 Å². The average molecular weight is 378 g/mol. The van der Waals surface area contributed by atoms with Crippen molar-refractivity contribution in [1.82, 2.24) is 15.1 Å². The van der Waals surface area contributed by atoms with Crippen molar-refractivity contribution in [3.05, 3.63) is 51.6 Å². The lowest BCUT2D eigenvalue weighted by Crippen LogP contribution is -2.25. The molecule has 0 fully saturated rings. The molecule has 0 atom stereocenters. The Bertz CT molecular complexity index is 786. The number of halogens is 5. The van der Waals surface area contributed by atoms with Gasteiger partial charge in [0, 0.05) is 22.8 Å². The molecule has 0 radical (unpaired) electrons. The first-order valence-electron chi connectivity index (χ1n) is 7.37. The number of carbonyl (C=O) groups is 1. The fourth-order valence-corrected chi connectivity index (χ4v) is 2.63. The van der Waals surface area contributed by atoms with Gasteiger partial charge in [-0.3, -0.25) is 9.48 Å². The Balaban J connectivity index is 2.03. The molecule has 0 unspecified atom stereocenters. The van der Waals surface area contributed by atoms with Crippen LogP contribution < -0.4 is 5.32 Å². The van der Waals surface area contributed by atoms with Gasteiger partial charge < -0.3 is 5.32 Å². The van der Waals surface area contributed by atoms with E-state index in [0.29, 0.717) is 22.5 Å². The molecule has 0 saturated carbocycles. The van der Waals surface area contributed by atoms with Gasteiger partial charge in [-0.2, -0.15) is 18.3 Å². The van der Waals surface area contributed by atoms with E-state index in [0.717, 1.165) is 10.7 Å². The fourth-order valence-electron chi connectivity index (χ4n) is 2.40. The third-order valence-corrected chi connectivity index (χ3v) is 4.04. The zero-order valence-corrected chi connectivity index (χ0v) is 14.3. The van der Waals surface area contributed by atoms with Crippen LogP contribution in [0.1, 0.15) is 22.5 Å². The summed E-state index contributed by atoms with van der Waals surface area (Å²) >= 11 is 5.88. The highest BCUT2D eigenvalue weighted by molar-refractivity contribution is 6.31. The number of carbonyl (C=O) groups excluding carboxylic acids is 1. The molecule has 2 rings (SSSR count). The molecular weight excluding hydrogens is 362 g/mol. The maximum Gasteiger partial charge on any atom is 0.408 e. The van der Waals surface area contributed by atoms with E-state index in [1.807, 2.05) is 0 Å². The predicted octanol–water partition coefficient (Wildman–Crippen LogP) is 3.71. The molecule has 2 aromatic rings. The third kappa shape index (κ3) is 5.19. The number of aromatic nitrogens is 2. The molecule has 25 heavy (non-hydrogen) atoms. The minimum absolute atomic E-state index is 0.0900. The molecule has 9 heteroatoms. The molecule has 0 aliphatic carbocycles. The minimum atomic E-state index is -4.39. The molecule has 136 valence electrons. The van der Waals surface area contributed by atoms with Crippen LogP contribution in [0.15, 0.2) is 18.2 Å². The molecule has 1 aromatic heterocycles. The summed E-state index contributed by atoms with van der Waals surface area (Å²) in [5, 5.41) is 6.64. The third-order valence-electron chi connectivity index (χ3n) is 3.69. The summed E-state index contributed by atoms with van der Waals surface area (Å²) in [6, 6.07) is 3.82. The molecule has 4 nitrogen and oxygen atoms in total. The van der Waals surface area contributed by atoms with E-state index in [4.69, 9.17) is 11.6 Å². The van der Waals surface area contributed by atoms with Gasteiger partial charge in [0.05, 0.1) is 12.1 Å². The fraction of sp³-hybridized carbons (Fsp3) is 0.375. The Morgan fingerprint density at radius 1 is 1.32 bits per heavy atom. The summed E-state index contributed by atoms with van der Waals surface area (Å²) in [6.45, 7) is 1.93. The normalized spacial score (nSPS) is 11.6. The van der Waals surface area contributed by atoms with Gasteiger partial charge in [0.15, 0.2) is 0 Å². The summed E-state index contributed by atoms with van der Waals surface area (Å²) in [5.74, 6) is -0.874. The summed E-state index contributed by atoms with van der Waals surface area (Å²) in [5.41, 5.74) is 1.66. The van der Waals surface area contributed by atoms with Gasteiger partial charge >= 0.3 is 6.18 Å². The Morgan fingerprint density at radius 3 is 2.60 bits per heavy atom. The van der Waals surface area contributed by atoms with E-state index < -0.39 is 24.4 Å². The van der Waals surface area contributed by atoms with E-state index in [2.05, 4.69) is 10.4 Å². The highest BCUT2D eigenvalue weighted by Crippen LogP contribution is 2.21. The molecule has 1 heterocycles. The standard InChI is InChI=1S/C16H16ClF4N3O/c1-9-13(10(2)24(23-9)8-16(19,20)21)6-15(25)22-7-11-3-4-12(18)5-14(11)17/h3-5H,6-8H2,1-2H3,(H,22,25). The molecule has 1 amide bonds. The molecule has 0 aliphatic heterocycles. The van der Waals surface area contributed by atoms with Crippen LogP contribution in [0.3, 0.4) is 0 Å². The Morgan fingerprint density at radius 2 is 2.00 bits per heavy atom. The minimum Gasteiger partial charge on any atom is -0.352 e. The van der Waals surface area contributed by atoms with Crippen molar-refractivity contribution in [1.29, 1.82) is 0 Å². The molecule has 0 aliphatic rings. The number of alkyl halides is 3. The van der Waals surface area contributed by atoms with Crippen LogP contribution in [0.25, 0.3) is 0 Å². The maximum absolute atomic E-state index is 13.0. The Labute approximate surface area is 146 Å². The van der Waals surface area contributed by atoms with Crippen molar-refractivity contribution >= 4 is 17.5 Å². The van der Waals surface area contributed by atoms with E-state index in [9.17, 15) is 22.4 Å². The highest BCUT2D eigenvalue weighted by Gasteiger charge is 2.30. The van der Waals surface area contributed by atoms with Crippen LogP contribution in [0, 0.1) is 19.7 Å². The van der Waals surface area contributed by atoms with Crippen LogP contribution in [0.2, 0.25) is 5.02 Å². The molecule has 0 saturated heterocycles. The van der Waals surface area contributed by atoms with E-state index in [-0.39, 0.29) is 18.0 Å². The molecule has 1 aromatic carbocycles. The van der Waals surface area contributed by atoms with E-state index in [1.165, 1.54) is 19.1 Å². The molecule has 0 spiro atoms. The van der Waals surface area contributed by atoms with E-state index >= 15 is 0 Å². The number of rotatable bonds is 5. The average Bonchev–Trinajstić information content (AvgIpc) is 2.72. The van der Waals surface area contributed by atoms with Gasteiger partial charge in [0.2, 0.25) is 5.91 Å². The lowest BCUT2D eigenvalue weighted by molar-refractivity contribution is -0.143. The van der Waals surface area contributed by atoms with Gasteiger partial charge in [-0.25, -0.2) is 4.39 Å². The largest absolute Gasteiger partial charge is 0.408 e. The highest BCUT2D eigenvalue weighted by atomic mass is 35.5. The molecule has 0 bridgehead atoms. The topological polar surface area (TPSA) is 46.9 Å². The number of nitrogens with zero attached hydrogens (tertiary/aromatic N) is 2. The second-order valence-electron chi connectivity index (χ2n) is 5.61. The van der Waals surface area contributed by atoms with Crippen LogP contribution in [0.4, 0.5) is 17.6 Å². The summed E-state index contributed by atoms with van der Waals surface area (Å²) in [6.07, 6.45) is -4.49. The number of nitrogens with one attached hydrogen (secondary N) is 1. The first-order chi connectivity index (χ1) is 11.6. The molecule has 1 N–H and O–H groups in total. The zero-order valence-electron chi connectivity index (χ0n) is 13.5. The number of hydrogen-bond acceptors (Lipinski definition) is 2. The van der Waals surface area contributed by atoms with Crippen LogP contribution in [0.5, 0.6) is 0 Å². The summed E-state index contributed by atoms with van der Waals surface area (Å²) in [7, 11) is 0. The van der Waals surface area contributed by atoms with Crippen molar-refractivity contribution < 1.29 is 22.4 Å². The van der Waals surface area contributed by atoms with Crippen molar-refractivity contribution in [3.8, 4) is 0 Å². The Hall–Kier alpha value is -2.09. The van der Waals surface area contributed by atoms with Crippen molar-refractivity contribution in [3.63, 3.8) is 0 Å². The molecular formula is C16H16ClF4N3O. The van der Waals surface area contributed by atoms with Crippen molar-refractivity contribution in [2.75, 3.05) is 0 Å². The number of aryl methyl sites for hydroxylation is 1. The number of hydrogen-bond donors (Lipinski definition) is 1.